The summed E-state index contributed by atoms with van der Waals surface area (Å²) in [6.45, 7) is 0. The molecule has 0 aliphatic rings. The predicted molar refractivity (Wildman–Crippen MR) is 75.4 cm³/mol. The van der Waals surface area contributed by atoms with Gasteiger partial charge in [-0.05, 0) is 18.2 Å². The van der Waals surface area contributed by atoms with Crippen LogP contribution in [0.15, 0.2) is 18.3 Å². The van der Waals surface area contributed by atoms with E-state index < -0.39 is 4.92 Å². The number of nitrogens with zero attached hydrogens (tertiary/aromatic N) is 2. The molecule has 2 heterocycles. The predicted octanol–water partition coefficient (Wildman–Crippen LogP) is 2.64. The highest BCUT2D eigenvalue weighted by atomic mass is 32.1. The van der Waals surface area contributed by atoms with Crippen molar-refractivity contribution in [2.45, 2.75) is 0 Å². The fourth-order valence-corrected chi connectivity index (χ4v) is 2.77. The molecular weight excluding hydrogens is 286 g/mol. The molecule has 0 aromatic carbocycles. The number of thiazole rings is 1. The molecule has 2 aromatic heterocycles. The zero-order valence-electron chi connectivity index (χ0n) is 9.82. The zero-order chi connectivity index (χ0) is 13.8. The Bertz CT molecular complexity index is 645. The van der Waals surface area contributed by atoms with Crippen LogP contribution < -0.4 is 5.32 Å². The first-order valence-electron chi connectivity index (χ1n) is 5.20. The standard InChI is InChI=1S/C11H9N3O3S2/c1-12-11(15)8-6-13-9(19-8)4-2-7-3-5-10(18-7)14(16)17/h2-6H,1H3,(H,12,15)/b4-2+. The van der Waals surface area contributed by atoms with Gasteiger partial charge in [0.05, 0.1) is 11.1 Å². The Balaban J connectivity index is 2.11. The van der Waals surface area contributed by atoms with Gasteiger partial charge < -0.3 is 5.32 Å². The highest BCUT2D eigenvalue weighted by Crippen LogP contribution is 2.26. The van der Waals surface area contributed by atoms with Gasteiger partial charge in [-0.15, -0.1) is 11.3 Å². The van der Waals surface area contributed by atoms with Crippen molar-refractivity contribution in [3.05, 3.63) is 43.2 Å². The fraction of sp³-hybridized carbons (Fsp3) is 0.0909. The summed E-state index contributed by atoms with van der Waals surface area (Å²) in [6, 6.07) is 3.13. The molecule has 98 valence electrons. The molecule has 0 radical (unpaired) electrons. The Labute approximate surface area is 116 Å². The summed E-state index contributed by atoms with van der Waals surface area (Å²) in [5.74, 6) is -0.177. The number of thiophene rings is 1. The second-order valence-electron chi connectivity index (χ2n) is 3.41. The first-order chi connectivity index (χ1) is 9.10. The van der Waals surface area contributed by atoms with E-state index in [2.05, 4.69) is 10.3 Å². The molecule has 0 saturated heterocycles. The molecule has 0 aliphatic heterocycles. The summed E-state index contributed by atoms with van der Waals surface area (Å²) in [7, 11) is 1.56. The van der Waals surface area contributed by atoms with Gasteiger partial charge in [0.25, 0.3) is 5.91 Å². The number of amides is 1. The SMILES string of the molecule is CNC(=O)c1cnc(/C=C/c2ccc([N+](=O)[O-])s2)s1. The van der Waals surface area contributed by atoms with Crippen LogP contribution in [0.2, 0.25) is 0 Å². The molecule has 6 nitrogen and oxygen atoms in total. The molecule has 0 bridgehead atoms. The lowest BCUT2D eigenvalue weighted by molar-refractivity contribution is -0.380. The Morgan fingerprint density at radius 1 is 1.42 bits per heavy atom. The molecule has 0 fully saturated rings. The van der Waals surface area contributed by atoms with Crippen molar-refractivity contribution in [3.63, 3.8) is 0 Å². The molecule has 0 aliphatic carbocycles. The maximum atomic E-state index is 11.3. The first-order valence-corrected chi connectivity index (χ1v) is 6.83. The van der Waals surface area contributed by atoms with Gasteiger partial charge in [0, 0.05) is 18.0 Å². The van der Waals surface area contributed by atoms with E-state index in [4.69, 9.17) is 0 Å². The third-order valence-corrected chi connectivity index (χ3v) is 4.12. The van der Waals surface area contributed by atoms with E-state index in [-0.39, 0.29) is 10.9 Å². The van der Waals surface area contributed by atoms with Gasteiger partial charge in [-0.2, -0.15) is 0 Å². The minimum absolute atomic E-state index is 0.102. The summed E-state index contributed by atoms with van der Waals surface area (Å²) < 4.78 is 0. The number of aromatic nitrogens is 1. The maximum Gasteiger partial charge on any atom is 0.324 e. The third-order valence-electron chi connectivity index (χ3n) is 2.16. The molecule has 0 spiro atoms. The lowest BCUT2D eigenvalue weighted by Crippen LogP contribution is -2.16. The van der Waals surface area contributed by atoms with Crippen molar-refractivity contribution >= 4 is 45.7 Å². The van der Waals surface area contributed by atoms with Crippen LogP contribution in [0.25, 0.3) is 12.2 Å². The number of hydrogen-bond acceptors (Lipinski definition) is 6. The normalized spacial score (nSPS) is 10.8. The number of rotatable bonds is 4. The van der Waals surface area contributed by atoms with Crippen molar-refractivity contribution in [1.29, 1.82) is 0 Å². The first kappa shape index (κ1) is 13.4. The van der Waals surface area contributed by atoms with Gasteiger partial charge in [0.2, 0.25) is 0 Å². The molecule has 0 atom stereocenters. The highest BCUT2D eigenvalue weighted by Gasteiger charge is 2.09. The quantitative estimate of drug-likeness (QED) is 0.694. The maximum absolute atomic E-state index is 11.3. The number of carbonyl (C=O) groups excluding carboxylic acids is 1. The van der Waals surface area contributed by atoms with E-state index in [1.807, 2.05) is 0 Å². The Morgan fingerprint density at radius 2 is 2.21 bits per heavy atom. The van der Waals surface area contributed by atoms with Crippen LogP contribution in [0.4, 0.5) is 5.00 Å². The number of nitrogens with one attached hydrogen (secondary N) is 1. The van der Waals surface area contributed by atoms with E-state index in [0.717, 1.165) is 16.2 Å². The monoisotopic (exact) mass is 295 g/mol. The second kappa shape index (κ2) is 5.72. The smallest absolute Gasteiger partial charge is 0.324 e. The molecule has 1 amide bonds. The van der Waals surface area contributed by atoms with Gasteiger partial charge >= 0.3 is 5.00 Å². The van der Waals surface area contributed by atoms with Gasteiger partial charge in [-0.1, -0.05) is 11.3 Å². The van der Waals surface area contributed by atoms with E-state index in [1.165, 1.54) is 23.6 Å². The van der Waals surface area contributed by atoms with Crippen LogP contribution in [0, 0.1) is 10.1 Å². The van der Waals surface area contributed by atoms with Gasteiger partial charge in [0.15, 0.2) is 0 Å². The minimum atomic E-state index is -0.422. The van der Waals surface area contributed by atoms with Crippen LogP contribution >= 0.6 is 22.7 Å². The molecule has 2 aromatic rings. The van der Waals surface area contributed by atoms with Gasteiger partial charge in [-0.25, -0.2) is 4.98 Å². The fourth-order valence-electron chi connectivity index (χ4n) is 1.28. The summed E-state index contributed by atoms with van der Waals surface area (Å²) in [5.41, 5.74) is 0. The summed E-state index contributed by atoms with van der Waals surface area (Å²) in [6.07, 6.45) is 4.97. The number of hydrogen-bond donors (Lipinski definition) is 1. The van der Waals surface area contributed by atoms with Crippen molar-refractivity contribution in [3.8, 4) is 0 Å². The lowest BCUT2D eigenvalue weighted by atomic mass is 10.4. The van der Waals surface area contributed by atoms with Crippen LogP contribution in [0.3, 0.4) is 0 Å². The van der Waals surface area contributed by atoms with Gasteiger partial charge in [-0.3, -0.25) is 14.9 Å². The largest absolute Gasteiger partial charge is 0.354 e. The van der Waals surface area contributed by atoms with Gasteiger partial charge in [0.1, 0.15) is 9.88 Å². The number of carbonyl (C=O) groups is 1. The van der Waals surface area contributed by atoms with Crippen molar-refractivity contribution in [1.82, 2.24) is 10.3 Å². The summed E-state index contributed by atoms with van der Waals surface area (Å²) in [5, 5.41) is 13.8. The van der Waals surface area contributed by atoms with E-state index in [1.54, 1.807) is 25.3 Å². The average Bonchev–Trinajstić information content (AvgIpc) is 3.04. The Morgan fingerprint density at radius 3 is 2.84 bits per heavy atom. The third kappa shape index (κ3) is 3.24. The van der Waals surface area contributed by atoms with E-state index in [9.17, 15) is 14.9 Å². The Hall–Kier alpha value is -2.06. The molecule has 1 N–H and O–H groups in total. The summed E-state index contributed by atoms with van der Waals surface area (Å²) in [4.78, 5) is 26.8. The number of nitro groups is 1. The van der Waals surface area contributed by atoms with Crippen LogP contribution in [0.5, 0.6) is 0 Å². The second-order valence-corrected chi connectivity index (χ2v) is 5.56. The summed E-state index contributed by atoms with van der Waals surface area (Å²) >= 11 is 2.35. The van der Waals surface area contributed by atoms with Crippen molar-refractivity contribution < 1.29 is 9.72 Å². The van der Waals surface area contributed by atoms with Crippen LogP contribution in [-0.4, -0.2) is 22.9 Å². The molecular formula is C11H9N3O3S2. The molecule has 0 saturated carbocycles. The Kier molecular flexibility index (Phi) is 4.03. The van der Waals surface area contributed by atoms with E-state index >= 15 is 0 Å². The molecule has 19 heavy (non-hydrogen) atoms. The average molecular weight is 295 g/mol. The van der Waals surface area contributed by atoms with Crippen molar-refractivity contribution in [2.75, 3.05) is 7.05 Å². The molecule has 2 rings (SSSR count). The lowest BCUT2D eigenvalue weighted by Gasteiger charge is -1.90. The topological polar surface area (TPSA) is 85.1 Å². The van der Waals surface area contributed by atoms with Crippen LogP contribution in [0.1, 0.15) is 19.6 Å². The highest BCUT2D eigenvalue weighted by molar-refractivity contribution is 7.16. The minimum Gasteiger partial charge on any atom is -0.354 e. The molecule has 0 unspecified atom stereocenters. The van der Waals surface area contributed by atoms with E-state index in [0.29, 0.717) is 9.88 Å². The van der Waals surface area contributed by atoms with Crippen LogP contribution in [-0.2, 0) is 0 Å². The van der Waals surface area contributed by atoms with Crippen molar-refractivity contribution in [2.24, 2.45) is 0 Å². The molecule has 8 heteroatoms. The zero-order valence-corrected chi connectivity index (χ0v) is 11.5.